The van der Waals surface area contributed by atoms with Crippen molar-refractivity contribution >= 4 is 5.91 Å². The second kappa shape index (κ2) is 5.77. The van der Waals surface area contributed by atoms with Gasteiger partial charge in [-0.25, -0.2) is 0 Å². The van der Waals surface area contributed by atoms with Crippen LogP contribution in [0.4, 0.5) is 0 Å². The van der Waals surface area contributed by atoms with E-state index in [-0.39, 0.29) is 5.91 Å². The Morgan fingerprint density at radius 3 is 2.73 bits per heavy atom. The third-order valence-electron chi connectivity index (χ3n) is 2.37. The number of nitrogens with zero attached hydrogens (tertiary/aromatic N) is 1. The Morgan fingerprint density at radius 1 is 1.60 bits per heavy atom. The number of hydrogen-bond donors (Lipinski definition) is 1. The van der Waals surface area contributed by atoms with Gasteiger partial charge in [0.15, 0.2) is 0 Å². The van der Waals surface area contributed by atoms with Gasteiger partial charge < -0.3 is 4.90 Å². The predicted octanol–water partition coefficient (Wildman–Crippen LogP) is 0.856. The Bertz CT molecular complexity index is 251. The molecule has 0 aromatic rings. The molecule has 0 heterocycles. The van der Waals surface area contributed by atoms with Crippen LogP contribution in [0.2, 0.25) is 0 Å². The van der Waals surface area contributed by atoms with E-state index in [2.05, 4.69) is 25.1 Å². The molecule has 0 radical (unpaired) electrons. The van der Waals surface area contributed by atoms with E-state index in [4.69, 9.17) is 6.42 Å². The van der Waals surface area contributed by atoms with Gasteiger partial charge in [-0.2, -0.15) is 0 Å². The Labute approximate surface area is 92.2 Å². The van der Waals surface area contributed by atoms with Gasteiger partial charge in [0, 0.05) is 12.6 Å². The molecule has 1 rings (SSSR count). The lowest BCUT2D eigenvalue weighted by molar-refractivity contribution is -0.131. The van der Waals surface area contributed by atoms with E-state index in [1.165, 1.54) is 0 Å². The van der Waals surface area contributed by atoms with Crippen LogP contribution >= 0.6 is 0 Å². The summed E-state index contributed by atoms with van der Waals surface area (Å²) >= 11 is 0. The van der Waals surface area contributed by atoms with Crippen LogP contribution in [-0.2, 0) is 4.79 Å². The fourth-order valence-electron chi connectivity index (χ4n) is 1.58. The van der Waals surface area contributed by atoms with E-state index >= 15 is 0 Å². The summed E-state index contributed by atoms with van der Waals surface area (Å²) in [6.07, 6.45) is 7.43. The van der Waals surface area contributed by atoms with Crippen LogP contribution < -0.4 is 5.32 Å². The molecule has 15 heavy (non-hydrogen) atoms. The van der Waals surface area contributed by atoms with Crippen LogP contribution in [0.25, 0.3) is 0 Å². The minimum atomic E-state index is 0.182. The topological polar surface area (TPSA) is 32.3 Å². The normalized spacial score (nSPS) is 15.1. The molecule has 0 unspecified atom stereocenters. The van der Waals surface area contributed by atoms with E-state index in [1.54, 1.807) is 0 Å². The molecule has 3 nitrogen and oxygen atoms in total. The zero-order valence-corrected chi connectivity index (χ0v) is 9.62. The van der Waals surface area contributed by atoms with E-state index < -0.39 is 0 Å². The third kappa shape index (κ3) is 4.35. The van der Waals surface area contributed by atoms with Crippen molar-refractivity contribution in [3.05, 3.63) is 0 Å². The average molecular weight is 208 g/mol. The summed E-state index contributed by atoms with van der Waals surface area (Å²) in [4.78, 5) is 13.8. The van der Waals surface area contributed by atoms with Gasteiger partial charge >= 0.3 is 0 Å². The highest BCUT2D eigenvalue weighted by Gasteiger charge is 2.32. The van der Waals surface area contributed by atoms with E-state index in [0.29, 0.717) is 25.0 Å². The monoisotopic (exact) mass is 208 g/mol. The Morgan fingerprint density at radius 2 is 2.27 bits per heavy atom. The molecule has 84 valence electrons. The summed E-state index contributed by atoms with van der Waals surface area (Å²) in [7, 11) is 0. The van der Waals surface area contributed by atoms with Gasteiger partial charge in [-0.15, -0.1) is 6.42 Å². The number of carbonyl (C=O) groups is 1. The van der Waals surface area contributed by atoms with Crippen molar-refractivity contribution in [1.29, 1.82) is 0 Å². The highest BCUT2D eigenvalue weighted by Crippen LogP contribution is 2.27. The minimum absolute atomic E-state index is 0.182. The summed E-state index contributed by atoms with van der Waals surface area (Å²) in [5.74, 6) is 3.18. The maximum Gasteiger partial charge on any atom is 0.236 e. The fourth-order valence-corrected chi connectivity index (χ4v) is 1.58. The number of rotatable bonds is 6. The SMILES string of the molecule is C#CCNCC(=O)N(CC(C)C)C1CC1. The number of nitrogens with one attached hydrogen (secondary N) is 1. The van der Waals surface area contributed by atoms with Crippen LogP contribution in [0.15, 0.2) is 0 Å². The van der Waals surface area contributed by atoms with Crippen LogP contribution in [0, 0.1) is 18.3 Å². The van der Waals surface area contributed by atoms with Crippen molar-refractivity contribution in [2.75, 3.05) is 19.6 Å². The molecule has 0 aliphatic heterocycles. The highest BCUT2D eigenvalue weighted by atomic mass is 16.2. The van der Waals surface area contributed by atoms with Crippen molar-refractivity contribution in [3.63, 3.8) is 0 Å². The molecule has 0 aromatic carbocycles. The molecule has 1 saturated carbocycles. The summed E-state index contributed by atoms with van der Waals surface area (Å²) in [5, 5.41) is 2.94. The number of amides is 1. The minimum Gasteiger partial charge on any atom is -0.338 e. The van der Waals surface area contributed by atoms with Crippen molar-refractivity contribution < 1.29 is 4.79 Å². The Hall–Kier alpha value is -1.01. The number of terminal acetylenes is 1. The second-order valence-electron chi connectivity index (χ2n) is 4.48. The van der Waals surface area contributed by atoms with Crippen LogP contribution in [0.1, 0.15) is 26.7 Å². The molecule has 1 N–H and O–H groups in total. The predicted molar refractivity (Wildman–Crippen MR) is 61.3 cm³/mol. The summed E-state index contributed by atoms with van der Waals surface area (Å²) in [6.45, 7) is 5.97. The van der Waals surface area contributed by atoms with Gasteiger partial charge in [0.25, 0.3) is 0 Å². The van der Waals surface area contributed by atoms with E-state index in [9.17, 15) is 4.79 Å². The van der Waals surface area contributed by atoms with Crippen molar-refractivity contribution in [3.8, 4) is 12.3 Å². The van der Waals surface area contributed by atoms with Gasteiger partial charge in [-0.05, 0) is 18.8 Å². The second-order valence-corrected chi connectivity index (χ2v) is 4.48. The molecule has 0 spiro atoms. The lowest BCUT2D eigenvalue weighted by Gasteiger charge is -2.24. The lowest BCUT2D eigenvalue weighted by atomic mass is 10.2. The van der Waals surface area contributed by atoms with Crippen LogP contribution in [0.3, 0.4) is 0 Å². The first-order chi connectivity index (χ1) is 7.15. The molecule has 1 aliphatic rings. The molecule has 0 aromatic heterocycles. The van der Waals surface area contributed by atoms with Gasteiger partial charge in [-0.3, -0.25) is 10.1 Å². The van der Waals surface area contributed by atoms with Crippen LogP contribution in [0.5, 0.6) is 0 Å². The molecule has 1 fully saturated rings. The molecule has 0 saturated heterocycles. The first kappa shape index (κ1) is 12.1. The molecule has 1 amide bonds. The molecular weight excluding hydrogens is 188 g/mol. The molecular formula is C12H20N2O. The van der Waals surface area contributed by atoms with Crippen LogP contribution in [-0.4, -0.2) is 36.5 Å². The fraction of sp³-hybridized carbons (Fsp3) is 0.750. The summed E-state index contributed by atoms with van der Waals surface area (Å²) < 4.78 is 0. The molecule has 0 bridgehead atoms. The van der Waals surface area contributed by atoms with Crippen molar-refractivity contribution in [2.24, 2.45) is 5.92 Å². The molecule has 3 heteroatoms. The lowest BCUT2D eigenvalue weighted by Crippen LogP contribution is -2.41. The largest absolute Gasteiger partial charge is 0.338 e. The zero-order chi connectivity index (χ0) is 11.3. The Kier molecular flexibility index (Phi) is 4.64. The maximum absolute atomic E-state index is 11.8. The van der Waals surface area contributed by atoms with Crippen molar-refractivity contribution in [1.82, 2.24) is 10.2 Å². The third-order valence-corrected chi connectivity index (χ3v) is 2.37. The number of carbonyl (C=O) groups excluding carboxylic acids is 1. The maximum atomic E-state index is 11.8. The van der Waals surface area contributed by atoms with Gasteiger partial charge in [-0.1, -0.05) is 19.8 Å². The molecule has 0 atom stereocenters. The highest BCUT2D eigenvalue weighted by molar-refractivity contribution is 5.79. The smallest absolute Gasteiger partial charge is 0.236 e. The summed E-state index contributed by atoms with van der Waals surface area (Å²) in [5.41, 5.74) is 0. The van der Waals surface area contributed by atoms with Crippen molar-refractivity contribution in [2.45, 2.75) is 32.7 Å². The number of hydrogen-bond acceptors (Lipinski definition) is 2. The quantitative estimate of drug-likeness (QED) is 0.518. The Balaban J connectivity index is 2.34. The molecule has 1 aliphatic carbocycles. The van der Waals surface area contributed by atoms with Gasteiger partial charge in [0.05, 0.1) is 13.1 Å². The first-order valence-corrected chi connectivity index (χ1v) is 5.58. The van der Waals surface area contributed by atoms with E-state index in [0.717, 1.165) is 19.4 Å². The van der Waals surface area contributed by atoms with E-state index in [1.807, 2.05) is 4.90 Å². The summed E-state index contributed by atoms with van der Waals surface area (Å²) in [6, 6.07) is 0.493. The van der Waals surface area contributed by atoms with Gasteiger partial charge in [0.1, 0.15) is 0 Å². The van der Waals surface area contributed by atoms with Gasteiger partial charge in [0.2, 0.25) is 5.91 Å². The zero-order valence-electron chi connectivity index (χ0n) is 9.62. The standard InChI is InChI=1S/C12H20N2O/c1-4-7-13-8-12(15)14(9-10(2)3)11-5-6-11/h1,10-11,13H,5-9H2,2-3H3. The average Bonchev–Trinajstić information content (AvgIpc) is 2.97. The first-order valence-electron chi connectivity index (χ1n) is 5.58.